The Morgan fingerprint density at radius 2 is 2.12 bits per heavy atom. The van der Waals surface area contributed by atoms with Crippen molar-refractivity contribution in [2.24, 2.45) is 0 Å². The van der Waals surface area contributed by atoms with Gasteiger partial charge in [-0.2, -0.15) is 0 Å². The van der Waals surface area contributed by atoms with Gasteiger partial charge in [-0.05, 0) is 17.8 Å². The number of thioether (sulfide) groups is 1. The van der Waals surface area contributed by atoms with Crippen molar-refractivity contribution >= 4 is 22.7 Å². The number of nitrogens with zero attached hydrogens (tertiary/aromatic N) is 2. The van der Waals surface area contributed by atoms with E-state index in [2.05, 4.69) is 0 Å². The van der Waals surface area contributed by atoms with Crippen LogP contribution in [0.3, 0.4) is 0 Å². The number of halogens is 1. The fourth-order valence-corrected chi connectivity index (χ4v) is 1.53. The van der Waals surface area contributed by atoms with Gasteiger partial charge in [0.25, 0.3) is 10.9 Å². The van der Waals surface area contributed by atoms with Crippen LogP contribution in [-0.4, -0.2) is 29.2 Å². The SMILES string of the molecule is CN(C)C(=O)Sc1ccc([N+](=O)[O-])cc1F. The van der Waals surface area contributed by atoms with Crippen LogP contribution in [0.5, 0.6) is 0 Å². The molecule has 0 bridgehead atoms. The Kier molecular flexibility index (Phi) is 3.83. The lowest BCUT2D eigenvalue weighted by atomic mass is 10.3. The van der Waals surface area contributed by atoms with Crippen LogP contribution in [0, 0.1) is 15.9 Å². The van der Waals surface area contributed by atoms with Crippen molar-refractivity contribution in [2.75, 3.05) is 14.1 Å². The molecule has 0 spiro atoms. The van der Waals surface area contributed by atoms with Crippen LogP contribution in [0.15, 0.2) is 23.1 Å². The largest absolute Gasteiger partial charge is 0.339 e. The van der Waals surface area contributed by atoms with E-state index in [0.717, 1.165) is 12.1 Å². The van der Waals surface area contributed by atoms with E-state index in [1.54, 1.807) is 14.1 Å². The molecule has 0 N–H and O–H groups in total. The topological polar surface area (TPSA) is 63.5 Å². The molecule has 0 aromatic heterocycles. The van der Waals surface area contributed by atoms with E-state index >= 15 is 0 Å². The van der Waals surface area contributed by atoms with Crippen LogP contribution in [0.1, 0.15) is 0 Å². The average molecular weight is 244 g/mol. The molecule has 1 amide bonds. The fourth-order valence-electron chi connectivity index (χ4n) is 0.871. The van der Waals surface area contributed by atoms with Gasteiger partial charge in [0.15, 0.2) is 0 Å². The van der Waals surface area contributed by atoms with Crippen LogP contribution in [0.4, 0.5) is 14.9 Å². The second-order valence-corrected chi connectivity index (χ2v) is 4.13. The van der Waals surface area contributed by atoms with Crippen molar-refractivity contribution in [2.45, 2.75) is 4.90 Å². The Labute approximate surface area is 95.4 Å². The number of hydrogen-bond donors (Lipinski definition) is 0. The summed E-state index contributed by atoms with van der Waals surface area (Å²) in [5.74, 6) is -0.769. The number of nitro benzene ring substituents is 1. The molecule has 0 fully saturated rings. The second-order valence-electron chi connectivity index (χ2n) is 3.13. The van der Waals surface area contributed by atoms with Gasteiger partial charge in [-0.1, -0.05) is 0 Å². The molecule has 0 unspecified atom stereocenters. The van der Waals surface area contributed by atoms with Crippen molar-refractivity contribution in [3.63, 3.8) is 0 Å². The van der Waals surface area contributed by atoms with E-state index in [1.807, 2.05) is 0 Å². The first-order chi connectivity index (χ1) is 7.41. The molecule has 86 valence electrons. The van der Waals surface area contributed by atoms with Crippen LogP contribution in [0.2, 0.25) is 0 Å². The van der Waals surface area contributed by atoms with Crippen LogP contribution < -0.4 is 0 Å². The number of benzene rings is 1. The van der Waals surface area contributed by atoms with Crippen LogP contribution in [-0.2, 0) is 0 Å². The zero-order valence-corrected chi connectivity index (χ0v) is 9.45. The molecular formula is C9H9FN2O3S. The molecule has 0 saturated heterocycles. The summed E-state index contributed by atoms with van der Waals surface area (Å²) in [5.41, 5.74) is -0.334. The van der Waals surface area contributed by atoms with Gasteiger partial charge in [0.1, 0.15) is 5.82 Å². The highest BCUT2D eigenvalue weighted by Gasteiger charge is 2.14. The summed E-state index contributed by atoms with van der Waals surface area (Å²) >= 11 is 0.688. The third-order valence-electron chi connectivity index (χ3n) is 1.69. The zero-order chi connectivity index (χ0) is 12.3. The third-order valence-corrected chi connectivity index (χ3v) is 2.78. The smallest absolute Gasteiger partial charge is 0.286 e. The first-order valence-electron chi connectivity index (χ1n) is 4.25. The highest BCUT2D eigenvalue weighted by atomic mass is 32.2. The predicted octanol–water partition coefficient (Wildman–Crippen LogP) is 2.51. The minimum atomic E-state index is -0.769. The molecule has 0 radical (unpaired) electrons. The van der Waals surface area contributed by atoms with E-state index in [1.165, 1.54) is 11.0 Å². The summed E-state index contributed by atoms with van der Waals surface area (Å²) < 4.78 is 13.3. The predicted molar refractivity (Wildman–Crippen MR) is 58.0 cm³/mol. The average Bonchev–Trinajstić information content (AvgIpc) is 2.20. The van der Waals surface area contributed by atoms with E-state index in [0.29, 0.717) is 11.8 Å². The Bertz CT molecular complexity index is 437. The summed E-state index contributed by atoms with van der Waals surface area (Å²) in [7, 11) is 3.08. The Morgan fingerprint density at radius 3 is 2.56 bits per heavy atom. The number of non-ortho nitro benzene ring substituents is 1. The third kappa shape index (κ3) is 2.93. The quantitative estimate of drug-likeness (QED) is 0.455. The van der Waals surface area contributed by atoms with Gasteiger partial charge in [0, 0.05) is 20.2 Å². The normalized spacial score (nSPS) is 9.94. The number of nitro groups is 1. The number of amides is 1. The Hall–Kier alpha value is -1.63. The van der Waals surface area contributed by atoms with E-state index < -0.39 is 10.7 Å². The highest BCUT2D eigenvalue weighted by Crippen LogP contribution is 2.26. The van der Waals surface area contributed by atoms with Gasteiger partial charge in [-0.3, -0.25) is 14.9 Å². The first kappa shape index (κ1) is 12.4. The van der Waals surface area contributed by atoms with Gasteiger partial charge < -0.3 is 4.90 Å². The number of carbonyl (C=O) groups is 1. The van der Waals surface area contributed by atoms with Crippen molar-refractivity contribution < 1.29 is 14.1 Å². The molecule has 0 atom stereocenters. The van der Waals surface area contributed by atoms with Crippen molar-refractivity contribution in [3.8, 4) is 0 Å². The standard InChI is InChI=1S/C9H9FN2O3S/c1-11(2)9(13)16-8-4-3-6(12(14)15)5-7(8)10/h3-5H,1-2H3. The van der Waals surface area contributed by atoms with Crippen molar-refractivity contribution in [1.82, 2.24) is 4.90 Å². The molecule has 5 nitrogen and oxygen atoms in total. The first-order valence-corrected chi connectivity index (χ1v) is 5.06. The summed E-state index contributed by atoms with van der Waals surface area (Å²) in [6.45, 7) is 0. The van der Waals surface area contributed by atoms with Crippen LogP contribution >= 0.6 is 11.8 Å². The fraction of sp³-hybridized carbons (Fsp3) is 0.222. The molecule has 7 heteroatoms. The maximum Gasteiger partial charge on any atom is 0.286 e. The number of carbonyl (C=O) groups excluding carboxylic acids is 1. The second kappa shape index (κ2) is 4.93. The summed E-state index contributed by atoms with van der Waals surface area (Å²) in [5, 5.41) is 10.0. The summed E-state index contributed by atoms with van der Waals surface area (Å²) in [6, 6.07) is 3.18. The minimum absolute atomic E-state index is 0.0734. The molecule has 1 rings (SSSR count). The molecule has 1 aromatic rings. The molecule has 0 aliphatic carbocycles. The zero-order valence-electron chi connectivity index (χ0n) is 8.64. The monoisotopic (exact) mass is 244 g/mol. The van der Waals surface area contributed by atoms with Crippen LogP contribution in [0.25, 0.3) is 0 Å². The Morgan fingerprint density at radius 1 is 1.50 bits per heavy atom. The summed E-state index contributed by atoms with van der Waals surface area (Å²) in [6.07, 6.45) is 0. The van der Waals surface area contributed by atoms with E-state index in [4.69, 9.17) is 0 Å². The lowest BCUT2D eigenvalue weighted by Gasteiger charge is -2.09. The van der Waals surface area contributed by atoms with Gasteiger partial charge in [-0.15, -0.1) is 0 Å². The molecular weight excluding hydrogens is 235 g/mol. The van der Waals surface area contributed by atoms with Gasteiger partial charge in [0.2, 0.25) is 0 Å². The van der Waals surface area contributed by atoms with Gasteiger partial charge >= 0.3 is 0 Å². The molecule has 0 heterocycles. The minimum Gasteiger partial charge on any atom is -0.339 e. The summed E-state index contributed by atoms with van der Waals surface area (Å²) in [4.78, 5) is 22.3. The molecule has 0 saturated carbocycles. The van der Waals surface area contributed by atoms with E-state index in [9.17, 15) is 19.3 Å². The Balaban J connectivity index is 2.91. The number of hydrogen-bond acceptors (Lipinski definition) is 4. The highest BCUT2D eigenvalue weighted by molar-refractivity contribution is 8.13. The maximum atomic E-state index is 13.3. The molecule has 0 aliphatic heterocycles. The van der Waals surface area contributed by atoms with Gasteiger partial charge in [0.05, 0.1) is 15.9 Å². The maximum absolute atomic E-state index is 13.3. The number of rotatable bonds is 2. The van der Waals surface area contributed by atoms with Crippen molar-refractivity contribution in [3.05, 3.63) is 34.1 Å². The molecule has 16 heavy (non-hydrogen) atoms. The lowest BCUT2D eigenvalue weighted by molar-refractivity contribution is -0.385. The van der Waals surface area contributed by atoms with Gasteiger partial charge in [-0.25, -0.2) is 4.39 Å². The lowest BCUT2D eigenvalue weighted by Crippen LogP contribution is -2.16. The van der Waals surface area contributed by atoms with E-state index in [-0.39, 0.29) is 15.8 Å². The molecule has 0 aliphatic rings. The van der Waals surface area contributed by atoms with Crippen molar-refractivity contribution in [1.29, 1.82) is 0 Å². The molecule has 1 aromatic carbocycles.